The molecule has 0 spiro atoms. The van der Waals surface area contributed by atoms with Crippen molar-refractivity contribution >= 4 is 51.9 Å². The zero-order valence-corrected chi connectivity index (χ0v) is 22.1. The van der Waals surface area contributed by atoms with Gasteiger partial charge < -0.3 is 24.7 Å². The summed E-state index contributed by atoms with van der Waals surface area (Å²) in [5.74, 6) is 0.705. The van der Waals surface area contributed by atoms with E-state index in [-0.39, 0.29) is 24.2 Å². The number of furan rings is 1. The Morgan fingerprint density at radius 2 is 2.05 bits per heavy atom. The van der Waals surface area contributed by atoms with Crippen LogP contribution in [-0.2, 0) is 9.53 Å². The smallest absolute Gasteiger partial charge is 0.270 e. The van der Waals surface area contributed by atoms with Crippen molar-refractivity contribution in [2.75, 3.05) is 23.9 Å². The molecule has 1 saturated heterocycles. The molecule has 1 amide bonds. The van der Waals surface area contributed by atoms with Gasteiger partial charge >= 0.3 is 0 Å². The Morgan fingerprint density at radius 3 is 2.77 bits per heavy atom. The van der Waals surface area contributed by atoms with Crippen molar-refractivity contribution in [1.29, 1.82) is 0 Å². The Labute approximate surface area is 233 Å². The van der Waals surface area contributed by atoms with E-state index < -0.39 is 11.0 Å². The quantitative estimate of drug-likeness (QED) is 0.159. The number of nitro benzene ring substituents is 1. The number of pyridine rings is 1. The van der Waals surface area contributed by atoms with Crippen molar-refractivity contribution in [3.05, 3.63) is 106 Å². The molecule has 0 aliphatic carbocycles. The lowest BCUT2D eigenvalue weighted by atomic mass is 10.0. The monoisotopic (exact) mass is 563 g/mol. The molecule has 2 aromatic heterocycles. The maximum Gasteiger partial charge on any atom is 0.270 e. The number of anilines is 2. The van der Waals surface area contributed by atoms with Crippen molar-refractivity contribution in [3.8, 4) is 11.3 Å². The summed E-state index contributed by atoms with van der Waals surface area (Å²) >= 11 is 12.3. The average Bonchev–Trinajstić information content (AvgIpc) is 3.55. The number of hydrogen-bond acceptors (Lipinski definition) is 7. The van der Waals surface area contributed by atoms with Gasteiger partial charge in [-0.25, -0.2) is 0 Å². The minimum Gasteiger partial charge on any atom is -0.459 e. The molecule has 39 heavy (non-hydrogen) atoms. The summed E-state index contributed by atoms with van der Waals surface area (Å²) in [6, 6.07) is 19.8. The van der Waals surface area contributed by atoms with Crippen LogP contribution in [0.5, 0.6) is 0 Å². The number of carbonyl (C=O) groups is 1. The van der Waals surface area contributed by atoms with Crippen LogP contribution in [0.2, 0.25) is 5.02 Å². The Hall–Kier alpha value is -4.32. The number of halogens is 1. The van der Waals surface area contributed by atoms with Gasteiger partial charge in [0.15, 0.2) is 5.11 Å². The van der Waals surface area contributed by atoms with E-state index in [0.717, 1.165) is 5.69 Å². The van der Waals surface area contributed by atoms with Crippen LogP contribution in [0.25, 0.3) is 11.3 Å². The molecule has 1 aliphatic rings. The second-order valence-corrected chi connectivity index (χ2v) is 9.45. The summed E-state index contributed by atoms with van der Waals surface area (Å²) in [4.78, 5) is 29.2. The first-order chi connectivity index (χ1) is 18.9. The molecule has 0 bridgehead atoms. The predicted octanol–water partition coefficient (Wildman–Crippen LogP) is 5.67. The number of carbonyl (C=O) groups excluding carboxylic acids is 1. The lowest BCUT2D eigenvalue weighted by molar-refractivity contribution is -0.384. The first-order valence-corrected chi connectivity index (χ1v) is 12.6. The van der Waals surface area contributed by atoms with Crippen molar-refractivity contribution in [3.63, 3.8) is 0 Å². The third-order valence-electron chi connectivity index (χ3n) is 6.14. The molecule has 0 unspecified atom stereocenters. The summed E-state index contributed by atoms with van der Waals surface area (Å²) in [5.41, 5.74) is 2.39. The van der Waals surface area contributed by atoms with Crippen LogP contribution >= 0.6 is 23.8 Å². The molecule has 12 heteroatoms. The molecule has 1 fully saturated rings. The Balaban J connectivity index is 1.54. The summed E-state index contributed by atoms with van der Waals surface area (Å²) in [5, 5.41) is 18.1. The van der Waals surface area contributed by atoms with Crippen molar-refractivity contribution < 1.29 is 18.9 Å². The minimum absolute atomic E-state index is 0.0329. The maximum atomic E-state index is 12.0. The number of amides is 1. The van der Waals surface area contributed by atoms with E-state index in [1.165, 1.54) is 19.2 Å². The van der Waals surface area contributed by atoms with Gasteiger partial charge in [-0.05, 0) is 54.7 Å². The third-order valence-corrected chi connectivity index (χ3v) is 6.77. The van der Waals surface area contributed by atoms with E-state index in [1.807, 2.05) is 29.2 Å². The molecular formula is C27H22ClN5O5S. The molecule has 2 N–H and O–H groups in total. The second-order valence-electron chi connectivity index (χ2n) is 8.65. The Morgan fingerprint density at radius 1 is 1.21 bits per heavy atom. The molecule has 5 rings (SSSR count). The van der Waals surface area contributed by atoms with Crippen LogP contribution in [0.4, 0.5) is 17.1 Å². The lowest BCUT2D eigenvalue weighted by Gasteiger charge is -2.26. The minimum atomic E-state index is -0.468. The molecule has 4 aromatic rings. The van der Waals surface area contributed by atoms with E-state index in [9.17, 15) is 14.9 Å². The maximum absolute atomic E-state index is 12.0. The number of hydrogen-bond donors (Lipinski definition) is 2. The summed E-state index contributed by atoms with van der Waals surface area (Å²) < 4.78 is 11.1. The number of benzene rings is 2. The molecule has 2 atom stereocenters. The van der Waals surface area contributed by atoms with E-state index in [1.54, 1.807) is 42.6 Å². The van der Waals surface area contributed by atoms with Gasteiger partial charge in [-0.2, -0.15) is 0 Å². The number of thiocarbonyl (C=S) groups is 1. The van der Waals surface area contributed by atoms with Gasteiger partial charge in [0.05, 0.1) is 27.4 Å². The fraction of sp³-hybridized carbons (Fsp3) is 0.148. The zero-order valence-electron chi connectivity index (χ0n) is 20.5. The Kier molecular flexibility index (Phi) is 7.55. The van der Waals surface area contributed by atoms with Crippen LogP contribution in [0.1, 0.15) is 23.5 Å². The fourth-order valence-corrected chi connectivity index (χ4v) is 5.00. The first kappa shape index (κ1) is 26.3. The molecule has 3 heterocycles. The molecule has 198 valence electrons. The number of nitro groups is 1. The predicted molar refractivity (Wildman–Crippen MR) is 151 cm³/mol. The third kappa shape index (κ3) is 5.46. The van der Waals surface area contributed by atoms with Crippen LogP contribution < -0.4 is 15.5 Å². The average molecular weight is 564 g/mol. The molecule has 2 aromatic carbocycles. The normalized spacial score (nSPS) is 16.7. The topological polar surface area (TPSA) is 123 Å². The van der Waals surface area contributed by atoms with Crippen molar-refractivity contribution in [2.24, 2.45) is 0 Å². The van der Waals surface area contributed by atoms with Gasteiger partial charge in [-0.15, -0.1) is 0 Å². The second kappa shape index (κ2) is 11.2. The number of methoxy groups -OCH3 is 1. The molecule has 10 nitrogen and oxygen atoms in total. The highest BCUT2D eigenvalue weighted by Gasteiger charge is 2.42. The number of ether oxygens (including phenoxy) is 1. The van der Waals surface area contributed by atoms with Crippen molar-refractivity contribution in [2.45, 2.75) is 12.1 Å². The van der Waals surface area contributed by atoms with Gasteiger partial charge in [0, 0.05) is 36.7 Å². The Bertz CT molecular complexity index is 1550. The van der Waals surface area contributed by atoms with Gasteiger partial charge in [0.2, 0.25) is 5.91 Å². The van der Waals surface area contributed by atoms with Gasteiger partial charge in [0.25, 0.3) is 5.69 Å². The van der Waals surface area contributed by atoms with Gasteiger partial charge in [-0.3, -0.25) is 19.9 Å². The van der Waals surface area contributed by atoms with E-state index in [2.05, 4.69) is 15.6 Å². The van der Waals surface area contributed by atoms with Gasteiger partial charge in [-0.1, -0.05) is 29.8 Å². The highest BCUT2D eigenvalue weighted by atomic mass is 35.5. The van der Waals surface area contributed by atoms with Crippen LogP contribution in [0.15, 0.2) is 83.4 Å². The summed E-state index contributed by atoms with van der Waals surface area (Å²) in [7, 11) is 1.43. The van der Waals surface area contributed by atoms with E-state index in [4.69, 9.17) is 33.0 Å². The number of aromatic nitrogens is 1. The number of nitrogens with one attached hydrogen (secondary N) is 2. The molecule has 1 aliphatic heterocycles. The van der Waals surface area contributed by atoms with Crippen LogP contribution in [0.3, 0.4) is 0 Å². The highest BCUT2D eigenvalue weighted by molar-refractivity contribution is 7.80. The number of non-ortho nitro benzene ring substituents is 1. The van der Waals surface area contributed by atoms with E-state index in [0.29, 0.717) is 38.6 Å². The van der Waals surface area contributed by atoms with E-state index >= 15 is 0 Å². The van der Waals surface area contributed by atoms with Crippen LogP contribution in [-0.4, -0.2) is 34.6 Å². The van der Waals surface area contributed by atoms with Crippen LogP contribution in [0, 0.1) is 10.1 Å². The number of nitrogens with zero attached hydrogens (tertiary/aromatic N) is 3. The zero-order chi connectivity index (χ0) is 27.5. The number of rotatable bonds is 8. The summed E-state index contributed by atoms with van der Waals surface area (Å²) in [6.07, 6.45) is 1.70. The molecular weight excluding hydrogens is 542 g/mol. The van der Waals surface area contributed by atoms with Gasteiger partial charge in [0.1, 0.15) is 24.2 Å². The fourth-order valence-electron chi connectivity index (χ4n) is 4.43. The summed E-state index contributed by atoms with van der Waals surface area (Å²) in [6.45, 7) is -0.0998. The first-order valence-electron chi connectivity index (χ1n) is 11.8. The lowest BCUT2D eigenvalue weighted by Crippen LogP contribution is -2.29. The SMILES string of the molecule is COCC(=O)Nc1ccc(N2C(=S)N[C@@H](c3ccccn3)[C@H]2c2ccc(-c3cccc([N+](=O)[O-])c3)o2)cc1Cl. The standard InChI is InChI=1S/C27H22ClN5O5S/c1-37-15-24(34)30-20-9-8-17(14-19(20)28)32-26(25(31-27(32)39)21-7-2-3-12-29-21)23-11-10-22(38-23)16-5-4-6-18(13-16)33(35)36/h2-14,25-26H,15H2,1H3,(H,30,34)(H,31,39)/t25-,26+/m0/s1. The molecule has 0 radical (unpaired) electrons. The van der Waals surface area contributed by atoms with Crippen molar-refractivity contribution in [1.82, 2.24) is 10.3 Å². The molecule has 0 saturated carbocycles. The largest absolute Gasteiger partial charge is 0.459 e. The highest BCUT2D eigenvalue weighted by Crippen LogP contribution is 2.44.